The third kappa shape index (κ3) is 4.16. The van der Waals surface area contributed by atoms with Crippen LogP contribution in [-0.2, 0) is 4.79 Å². The maximum atomic E-state index is 12.3. The maximum absolute atomic E-state index is 12.3. The third-order valence-corrected chi connectivity index (χ3v) is 4.76. The Labute approximate surface area is 160 Å². The second-order valence-electron chi connectivity index (χ2n) is 6.16. The van der Waals surface area contributed by atoms with Crippen molar-refractivity contribution in [2.24, 2.45) is 0 Å². The molecule has 1 aliphatic rings. The van der Waals surface area contributed by atoms with Gasteiger partial charge in [-0.1, -0.05) is 22.0 Å². The molecule has 6 nitrogen and oxygen atoms in total. The number of nitrogens with zero attached hydrogens (tertiary/aromatic N) is 1. The summed E-state index contributed by atoms with van der Waals surface area (Å²) in [6.45, 7) is 2.35. The molecule has 0 aromatic heterocycles. The van der Waals surface area contributed by atoms with E-state index < -0.39 is 0 Å². The van der Waals surface area contributed by atoms with Crippen LogP contribution in [0.25, 0.3) is 0 Å². The summed E-state index contributed by atoms with van der Waals surface area (Å²) in [5, 5.41) is 5.70. The maximum Gasteiger partial charge on any atom is 0.319 e. The molecular formula is C19H20BrN3O3. The molecule has 1 saturated heterocycles. The van der Waals surface area contributed by atoms with Crippen molar-refractivity contribution in [2.75, 3.05) is 23.9 Å². The Morgan fingerprint density at radius 1 is 1.27 bits per heavy atom. The number of carbonyl (C=O) groups is 2. The number of carbonyl (C=O) groups excluding carboxylic acids is 2. The molecule has 2 aromatic carbocycles. The quantitative estimate of drug-likeness (QED) is 0.796. The standard InChI is InChI=1S/C19H20BrN3O3/c1-12-8-13(20)6-7-17(12)22-19(25)21-14-9-18(24)23(11-14)15-4-3-5-16(10-15)26-2/h3-8,10,14H,9,11H2,1-2H3,(H2,21,22,25)/t14-/m0/s1. The van der Waals surface area contributed by atoms with Gasteiger partial charge in [0.25, 0.3) is 0 Å². The number of aryl methyl sites for hydroxylation is 1. The van der Waals surface area contributed by atoms with Crippen molar-refractivity contribution in [2.45, 2.75) is 19.4 Å². The zero-order valence-electron chi connectivity index (χ0n) is 14.6. The number of methoxy groups -OCH3 is 1. The first-order valence-corrected chi connectivity index (χ1v) is 9.03. The molecule has 0 bridgehead atoms. The van der Waals surface area contributed by atoms with E-state index in [1.165, 1.54) is 0 Å². The monoisotopic (exact) mass is 417 g/mol. The van der Waals surface area contributed by atoms with Crippen LogP contribution < -0.4 is 20.3 Å². The lowest BCUT2D eigenvalue weighted by atomic mass is 10.2. The highest BCUT2D eigenvalue weighted by Gasteiger charge is 2.31. The Morgan fingerprint density at radius 2 is 2.08 bits per heavy atom. The largest absolute Gasteiger partial charge is 0.497 e. The summed E-state index contributed by atoms with van der Waals surface area (Å²) in [5.74, 6) is 0.665. The average molecular weight is 418 g/mol. The van der Waals surface area contributed by atoms with Gasteiger partial charge < -0.3 is 20.3 Å². The first-order valence-electron chi connectivity index (χ1n) is 8.24. The van der Waals surface area contributed by atoms with Crippen LogP contribution in [0.1, 0.15) is 12.0 Å². The van der Waals surface area contributed by atoms with Crippen molar-refractivity contribution in [1.82, 2.24) is 5.32 Å². The van der Waals surface area contributed by atoms with Gasteiger partial charge in [-0.25, -0.2) is 4.79 Å². The van der Waals surface area contributed by atoms with Crippen molar-refractivity contribution in [1.29, 1.82) is 0 Å². The van der Waals surface area contributed by atoms with E-state index in [1.807, 2.05) is 49.4 Å². The van der Waals surface area contributed by atoms with Crippen LogP contribution in [-0.4, -0.2) is 31.6 Å². The second-order valence-corrected chi connectivity index (χ2v) is 7.08. The highest BCUT2D eigenvalue weighted by molar-refractivity contribution is 9.10. The van der Waals surface area contributed by atoms with E-state index in [1.54, 1.807) is 12.0 Å². The van der Waals surface area contributed by atoms with E-state index in [9.17, 15) is 9.59 Å². The predicted octanol–water partition coefficient (Wildman–Crippen LogP) is 3.69. The smallest absolute Gasteiger partial charge is 0.319 e. The lowest BCUT2D eigenvalue weighted by molar-refractivity contribution is -0.117. The number of hydrogen-bond donors (Lipinski definition) is 2. The SMILES string of the molecule is COc1cccc(N2C[C@@H](NC(=O)Nc3ccc(Br)cc3C)CC2=O)c1. The third-order valence-electron chi connectivity index (χ3n) is 4.26. The van der Waals surface area contributed by atoms with Crippen LogP contribution in [0.2, 0.25) is 0 Å². The molecule has 0 radical (unpaired) electrons. The summed E-state index contributed by atoms with van der Waals surface area (Å²) in [7, 11) is 1.59. The van der Waals surface area contributed by atoms with E-state index in [0.29, 0.717) is 12.3 Å². The van der Waals surface area contributed by atoms with E-state index in [2.05, 4.69) is 26.6 Å². The van der Waals surface area contributed by atoms with Gasteiger partial charge in [0.05, 0.1) is 13.2 Å². The van der Waals surface area contributed by atoms with Gasteiger partial charge in [0.2, 0.25) is 5.91 Å². The summed E-state index contributed by atoms with van der Waals surface area (Å²) in [6, 6.07) is 12.4. The van der Waals surface area contributed by atoms with Gasteiger partial charge in [0, 0.05) is 34.9 Å². The molecule has 0 unspecified atom stereocenters. The van der Waals surface area contributed by atoms with Crippen LogP contribution in [0, 0.1) is 6.92 Å². The average Bonchev–Trinajstić information content (AvgIpc) is 2.97. The Balaban J connectivity index is 1.62. The first kappa shape index (κ1) is 18.3. The molecule has 0 spiro atoms. The molecule has 0 saturated carbocycles. The summed E-state index contributed by atoms with van der Waals surface area (Å²) in [5.41, 5.74) is 2.46. The van der Waals surface area contributed by atoms with Gasteiger partial charge in [-0.15, -0.1) is 0 Å². The molecule has 3 rings (SSSR count). The summed E-state index contributed by atoms with van der Waals surface area (Å²) >= 11 is 3.40. The number of amides is 3. The molecule has 26 heavy (non-hydrogen) atoms. The van der Waals surface area contributed by atoms with E-state index >= 15 is 0 Å². The van der Waals surface area contributed by atoms with Gasteiger partial charge in [0.1, 0.15) is 5.75 Å². The van der Waals surface area contributed by atoms with Gasteiger partial charge in [0.15, 0.2) is 0 Å². The van der Waals surface area contributed by atoms with Crippen LogP contribution in [0.5, 0.6) is 5.75 Å². The fraction of sp³-hybridized carbons (Fsp3) is 0.263. The zero-order valence-corrected chi connectivity index (χ0v) is 16.2. The number of benzene rings is 2. The Hall–Kier alpha value is -2.54. The first-order chi connectivity index (χ1) is 12.5. The number of ether oxygens (including phenoxy) is 1. The number of urea groups is 1. The van der Waals surface area contributed by atoms with Crippen LogP contribution >= 0.6 is 15.9 Å². The number of hydrogen-bond acceptors (Lipinski definition) is 3. The van der Waals surface area contributed by atoms with Crippen molar-refractivity contribution < 1.29 is 14.3 Å². The van der Waals surface area contributed by atoms with Crippen molar-refractivity contribution in [3.8, 4) is 5.75 Å². The van der Waals surface area contributed by atoms with E-state index in [4.69, 9.17) is 4.74 Å². The summed E-state index contributed by atoms with van der Waals surface area (Å²) in [4.78, 5) is 26.3. The molecule has 0 aliphatic carbocycles. The normalized spacial score (nSPS) is 16.5. The Bertz CT molecular complexity index is 841. The Kier molecular flexibility index (Phi) is 5.46. The molecule has 1 aliphatic heterocycles. The van der Waals surface area contributed by atoms with Gasteiger partial charge >= 0.3 is 6.03 Å². The fourth-order valence-corrected chi connectivity index (χ4v) is 3.42. The highest BCUT2D eigenvalue weighted by atomic mass is 79.9. The molecule has 2 N–H and O–H groups in total. The van der Waals surface area contributed by atoms with Gasteiger partial charge in [-0.3, -0.25) is 4.79 Å². The lowest BCUT2D eigenvalue weighted by Crippen LogP contribution is -2.39. The number of anilines is 2. The van der Waals surface area contributed by atoms with Gasteiger partial charge in [-0.2, -0.15) is 0 Å². The minimum atomic E-state index is -0.319. The van der Waals surface area contributed by atoms with Crippen molar-refractivity contribution >= 4 is 39.2 Å². The summed E-state index contributed by atoms with van der Waals surface area (Å²) in [6.07, 6.45) is 0.268. The molecule has 1 heterocycles. The van der Waals surface area contributed by atoms with E-state index in [0.717, 1.165) is 21.4 Å². The number of nitrogens with one attached hydrogen (secondary N) is 2. The van der Waals surface area contributed by atoms with Crippen LogP contribution in [0.3, 0.4) is 0 Å². The molecule has 136 valence electrons. The molecular weight excluding hydrogens is 398 g/mol. The highest BCUT2D eigenvalue weighted by Crippen LogP contribution is 2.25. The van der Waals surface area contributed by atoms with Crippen LogP contribution in [0.4, 0.5) is 16.2 Å². The molecule has 1 atom stereocenters. The second kappa shape index (κ2) is 7.78. The van der Waals surface area contributed by atoms with Gasteiger partial charge in [-0.05, 0) is 42.8 Å². The number of halogens is 1. The number of rotatable bonds is 4. The molecule has 3 amide bonds. The lowest BCUT2D eigenvalue weighted by Gasteiger charge is -2.18. The minimum Gasteiger partial charge on any atom is -0.497 e. The summed E-state index contributed by atoms with van der Waals surface area (Å²) < 4.78 is 6.16. The van der Waals surface area contributed by atoms with Crippen molar-refractivity contribution in [3.63, 3.8) is 0 Å². The van der Waals surface area contributed by atoms with E-state index in [-0.39, 0.29) is 24.4 Å². The topological polar surface area (TPSA) is 70.7 Å². The minimum absolute atomic E-state index is 0.0247. The molecule has 2 aromatic rings. The zero-order chi connectivity index (χ0) is 18.7. The Morgan fingerprint density at radius 3 is 2.81 bits per heavy atom. The van der Waals surface area contributed by atoms with Crippen molar-refractivity contribution in [3.05, 3.63) is 52.5 Å². The van der Waals surface area contributed by atoms with Crippen LogP contribution in [0.15, 0.2) is 46.9 Å². The predicted molar refractivity (Wildman–Crippen MR) is 105 cm³/mol. The molecule has 7 heteroatoms. The fourth-order valence-electron chi connectivity index (χ4n) is 2.94. The molecule has 1 fully saturated rings.